The van der Waals surface area contributed by atoms with Crippen LogP contribution in [0.1, 0.15) is 22.7 Å². The minimum Gasteiger partial charge on any atom is -0.344 e. The van der Waals surface area contributed by atoms with Crippen LogP contribution in [0.5, 0.6) is 0 Å². The number of hydrogen-bond acceptors (Lipinski definition) is 3. The fourth-order valence-corrected chi connectivity index (χ4v) is 4.11. The van der Waals surface area contributed by atoms with E-state index in [0.717, 1.165) is 33.3 Å². The van der Waals surface area contributed by atoms with Gasteiger partial charge in [-0.2, -0.15) is 0 Å². The lowest BCUT2D eigenvalue weighted by Gasteiger charge is -2.25. The summed E-state index contributed by atoms with van der Waals surface area (Å²) in [6, 6.07) is 21.8. The van der Waals surface area contributed by atoms with Gasteiger partial charge in [0.15, 0.2) is 0 Å². The molecule has 0 heterocycles. The molecule has 0 aliphatic heterocycles. The average molecular weight is 427 g/mol. The fraction of sp³-hybridized carbons (Fsp3) is 0.174. The standard InChI is InChI=1S/C23H23FN2O3S/c1-17-9-6-7-14-21(17)23(18-10-4-3-5-11-18)25-22(27)16-26(30(2,28)29)20-13-8-12-19(24)15-20/h3-15,23H,16H2,1-2H3,(H,25,27)/t23-/m0/s1. The van der Waals surface area contributed by atoms with E-state index in [2.05, 4.69) is 5.32 Å². The van der Waals surface area contributed by atoms with Crippen LogP contribution in [0.4, 0.5) is 10.1 Å². The van der Waals surface area contributed by atoms with Crippen LogP contribution in [-0.4, -0.2) is 27.1 Å². The maximum absolute atomic E-state index is 13.6. The molecule has 0 aliphatic rings. The van der Waals surface area contributed by atoms with Crippen LogP contribution in [0.15, 0.2) is 78.9 Å². The second-order valence-electron chi connectivity index (χ2n) is 7.02. The van der Waals surface area contributed by atoms with Crippen LogP contribution in [0.25, 0.3) is 0 Å². The van der Waals surface area contributed by atoms with Crippen molar-refractivity contribution in [1.82, 2.24) is 5.32 Å². The first-order valence-electron chi connectivity index (χ1n) is 9.39. The number of carbonyl (C=O) groups is 1. The molecular weight excluding hydrogens is 403 g/mol. The maximum atomic E-state index is 13.6. The van der Waals surface area contributed by atoms with E-state index in [1.54, 1.807) is 0 Å². The van der Waals surface area contributed by atoms with E-state index in [1.165, 1.54) is 18.2 Å². The highest BCUT2D eigenvalue weighted by Gasteiger charge is 2.24. The summed E-state index contributed by atoms with van der Waals surface area (Å²) >= 11 is 0. The minimum absolute atomic E-state index is 0.0970. The largest absolute Gasteiger partial charge is 0.344 e. The number of nitrogens with zero attached hydrogens (tertiary/aromatic N) is 1. The quantitative estimate of drug-likeness (QED) is 0.625. The minimum atomic E-state index is -3.80. The van der Waals surface area contributed by atoms with Crippen molar-refractivity contribution in [3.8, 4) is 0 Å². The number of hydrogen-bond donors (Lipinski definition) is 1. The summed E-state index contributed by atoms with van der Waals surface area (Å²) in [6.07, 6.45) is 0.987. The Labute approximate surface area is 176 Å². The summed E-state index contributed by atoms with van der Waals surface area (Å²) in [4.78, 5) is 12.9. The molecule has 0 unspecified atom stereocenters. The summed E-state index contributed by atoms with van der Waals surface area (Å²) in [7, 11) is -3.80. The molecular formula is C23H23FN2O3S. The number of nitrogens with one attached hydrogen (secondary N) is 1. The van der Waals surface area contributed by atoms with Gasteiger partial charge in [0.2, 0.25) is 15.9 Å². The molecule has 0 fully saturated rings. The number of benzene rings is 3. The van der Waals surface area contributed by atoms with Gasteiger partial charge in [-0.3, -0.25) is 9.10 Å². The Morgan fingerprint density at radius 2 is 1.67 bits per heavy atom. The zero-order valence-corrected chi connectivity index (χ0v) is 17.6. The van der Waals surface area contributed by atoms with Crippen molar-refractivity contribution in [3.63, 3.8) is 0 Å². The predicted octanol–water partition coefficient (Wildman–Crippen LogP) is 3.81. The number of carbonyl (C=O) groups excluding carboxylic acids is 1. The highest BCUT2D eigenvalue weighted by Crippen LogP contribution is 2.25. The Morgan fingerprint density at radius 3 is 2.30 bits per heavy atom. The van der Waals surface area contributed by atoms with Gasteiger partial charge in [-0.05, 0) is 41.8 Å². The number of anilines is 1. The number of aryl methyl sites for hydroxylation is 1. The molecule has 0 aromatic heterocycles. The van der Waals surface area contributed by atoms with Gasteiger partial charge in [0.05, 0.1) is 18.0 Å². The molecule has 0 spiro atoms. The second kappa shape index (κ2) is 9.09. The Kier molecular flexibility index (Phi) is 6.52. The number of rotatable bonds is 7. The lowest BCUT2D eigenvalue weighted by atomic mass is 9.95. The molecule has 0 saturated carbocycles. The molecule has 1 amide bonds. The monoisotopic (exact) mass is 426 g/mol. The third-order valence-electron chi connectivity index (χ3n) is 4.72. The first-order valence-corrected chi connectivity index (χ1v) is 11.2. The van der Waals surface area contributed by atoms with Gasteiger partial charge in [-0.1, -0.05) is 60.7 Å². The summed E-state index contributed by atoms with van der Waals surface area (Å²) in [6.45, 7) is 1.49. The van der Waals surface area contributed by atoms with Crippen molar-refractivity contribution in [2.45, 2.75) is 13.0 Å². The van der Waals surface area contributed by atoms with Crippen molar-refractivity contribution in [3.05, 3.63) is 101 Å². The average Bonchev–Trinajstić information content (AvgIpc) is 2.71. The van der Waals surface area contributed by atoms with Crippen molar-refractivity contribution in [2.75, 3.05) is 17.1 Å². The van der Waals surface area contributed by atoms with Crippen molar-refractivity contribution in [1.29, 1.82) is 0 Å². The maximum Gasteiger partial charge on any atom is 0.241 e. The van der Waals surface area contributed by atoms with Gasteiger partial charge >= 0.3 is 0 Å². The van der Waals surface area contributed by atoms with Gasteiger partial charge in [0, 0.05) is 0 Å². The van der Waals surface area contributed by atoms with Crippen LogP contribution < -0.4 is 9.62 Å². The van der Waals surface area contributed by atoms with E-state index in [1.807, 2.05) is 61.5 Å². The topological polar surface area (TPSA) is 66.5 Å². The lowest BCUT2D eigenvalue weighted by Crippen LogP contribution is -2.42. The normalized spacial score (nSPS) is 12.2. The van der Waals surface area contributed by atoms with Gasteiger partial charge < -0.3 is 5.32 Å². The molecule has 0 radical (unpaired) electrons. The van der Waals surface area contributed by atoms with E-state index < -0.39 is 34.3 Å². The van der Waals surface area contributed by atoms with E-state index in [-0.39, 0.29) is 5.69 Å². The molecule has 156 valence electrons. The van der Waals surface area contributed by atoms with E-state index >= 15 is 0 Å². The third kappa shape index (κ3) is 5.24. The zero-order chi connectivity index (χ0) is 21.7. The Hall–Kier alpha value is -3.19. The van der Waals surface area contributed by atoms with Gasteiger partial charge in [0.25, 0.3) is 0 Å². The van der Waals surface area contributed by atoms with Gasteiger partial charge in [-0.15, -0.1) is 0 Å². The predicted molar refractivity (Wildman–Crippen MR) is 116 cm³/mol. The number of halogens is 1. The van der Waals surface area contributed by atoms with Crippen LogP contribution >= 0.6 is 0 Å². The van der Waals surface area contributed by atoms with Crippen LogP contribution in [-0.2, 0) is 14.8 Å². The smallest absolute Gasteiger partial charge is 0.241 e. The Morgan fingerprint density at radius 1 is 1.00 bits per heavy atom. The second-order valence-corrected chi connectivity index (χ2v) is 8.92. The first-order chi connectivity index (χ1) is 14.3. The highest BCUT2D eigenvalue weighted by atomic mass is 32.2. The molecule has 3 aromatic carbocycles. The van der Waals surface area contributed by atoms with E-state index in [9.17, 15) is 17.6 Å². The Balaban J connectivity index is 1.91. The highest BCUT2D eigenvalue weighted by molar-refractivity contribution is 7.92. The first kappa shape index (κ1) is 21.5. The van der Waals surface area contributed by atoms with Gasteiger partial charge in [0.1, 0.15) is 12.4 Å². The zero-order valence-electron chi connectivity index (χ0n) is 16.7. The molecule has 1 atom stereocenters. The van der Waals surface area contributed by atoms with E-state index in [4.69, 9.17) is 0 Å². The summed E-state index contributed by atoms with van der Waals surface area (Å²) < 4.78 is 39.1. The SMILES string of the molecule is Cc1ccccc1[C@@H](NC(=O)CN(c1cccc(F)c1)S(C)(=O)=O)c1ccccc1. The molecule has 0 saturated heterocycles. The van der Waals surface area contributed by atoms with Crippen LogP contribution in [0, 0.1) is 12.7 Å². The summed E-state index contributed by atoms with van der Waals surface area (Å²) in [5.74, 6) is -1.08. The molecule has 5 nitrogen and oxygen atoms in total. The van der Waals surface area contributed by atoms with Crippen LogP contribution in [0.3, 0.4) is 0 Å². The number of amides is 1. The van der Waals surface area contributed by atoms with Gasteiger partial charge in [-0.25, -0.2) is 12.8 Å². The summed E-state index contributed by atoms with van der Waals surface area (Å²) in [5, 5.41) is 2.94. The molecule has 7 heteroatoms. The molecule has 0 bridgehead atoms. The van der Waals surface area contributed by atoms with Crippen molar-refractivity contribution in [2.24, 2.45) is 0 Å². The Bertz CT molecular complexity index is 1130. The summed E-state index contributed by atoms with van der Waals surface area (Å²) in [5.41, 5.74) is 2.88. The molecule has 1 N–H and O–H groups in total. The molecule has 3 rings (SSSR count). The third-order valence-corrected chi connectivity index (χ3v) is 5.86. The molecule has 0 aliphatic carbocycles. The van der Waals surface area contributed by atoms with Crippen LogP contribution in [0.2, 0.25) is 0 Å². The van der Waals surface area contributed by atoms with Crippen molar-refractivity contribution < 1.29 is 17.6 Å². The fourth-order valence-electron chi connectivity index (χ4n) is 3.27. The molecule has 3 aromatic rings. The lowest BCUT2D eigenvalue weighted by molar-refractivity contribution is -0.120. The van der Waals surface area contributed by atoms with E-state index in [0.29, 0.717) is 0 Å². The van der Waals surface area contributed by atoms with Crippen molar-refractivity contribution >= 4 is 21.6 Å². The molecule has 30 heavy (non-hydrogen) atoms. The number of sulfonamides is 1.